The molecular formula is C22H19NO2. The van der Waals surface area contributed by atoms with E-state index in [1.807, 2.05) is 36.4 Å². The SMILES string of the molecule is CCc1cccc(NCc2cc(=O)oc3ccc4ccccc4c23)c1. The molecule has 0 bridgehead atoms. The number of nitrogens with one attached hydrogen (secondary N) is 1. The first kappa shape index (κ1) is 15.5. The second-order valence-electron chi connectivity index (χ2n) is 6.16. The zero-order valence-electron chi connectivity index (χ0n) is 14.1. The highest BCUT2D eigenvalue weighted by Gasteiger charge is 2.09. The zero-order valence-corrected chi connectivity index (χ0v) is 14.1. The smallest absolute Gasteiger partial charge is 0.336 e. The van der Waals surface area contributed by atoms with E-state index in [4.69, 9.17) is 4.42 Å². The van der Waals surface area contributed by atoms with Gasteiger partial charge in [0.2, 0.25) is 0 Å². The Labute approximate surface area is 145 Å². The van der Waals surface area contributed by atoms with Crippen LogP contribution in [0, 0.1) is 0 Å². The highest BCUT2D eigenvalue weighted by molar-refractivity contribution is 6.07. The zero-order chi connectivity index (χ0) is 17.2. The van der Waals surface area contributed by atoms with E-state index in [0.717, 1.165) is 33.8 Å². The highest BCUT2D eigenvalue weighted by Crippen LogP contribution is 2.27. The summed E-state index contributed by atoms with van der Waals surface area (Å²) in [6.07, 6.45) is 0.998. The molecule has 0 unspecified atom stereocenters. The molecule has 3 aromatic carbocycles. The Morgan fingerprint density at radius 2 is 1.84 bits per heavy atom. The van der Waals surface area contributed by atoms with Gasteiger partial charge in [0.15, 0.2) is 0 Å². The fourth-order valence-corrected chi connectivity index (χ4v) is 3.26. The monoisotopic (exact) mass is 329 g/mol. The van der Waals surface area contributed by atoms with Crippen LogP contribution in [-0.4, -0.2) is 0 Å². The fourth-order valence-electron chi connectivity index (χ4n) is 3.26. The van der Waals surface area contributed by atoms with Gasteiger partial charge >= 0.3 is 5.63 Å². The van der Waals surface area contributed by atoms with Gasteiger partial charge in [-0.25, -0.2) is 4.79 Å². The van der Waals surface area contributed by atoms with Crippen LogP contribution in [0.4, 0.5) is 5.69 Å². The molecule has 4 aromatic rings. The van der Waals surface area contributed by atoms with E-state index in [9.17, 15) is 4.79 Å². The van der Waals surface area contributed by atoms with Gasteiger partial charge in [-0.05, 0) is 46.5 Å². The third-order valence-electron chi connectivity index (χ3n) is 4.53. The molecule has 1 aromatic heterocycles. The molecule has 1 N–H and O–H groups in total. The van der Waals surface area contributed by atoms with Crippen molar-refractivity contribution in [3.05, 3.63) is 88.3 Å². The lowest BCUT2D eigenvalue weighted by atomic mass is 10.0. The molecular weight excluding hydrogens is 310 g/mol. The van der Waals surface area contributed by atoms with Crippen LogP contribution in [0.25, 0.3) is 21.7 Å². The van der Waals surface area contributed by atoms with Crippen molar-refractivity contribution in [1.29, 1.82) is 0 Å². The minimum Gasteiger partial charge on any atom is -0.423 e. The summed E-state index contributed by atoms with van der Waals surface area (Å²) in [7, 11) is 0. The van der Waals surface area contributed by atoms with Crippen LogP contribution < -0.4 is 10.9 Å². The minimum atomic E-state index is -0.318. The molecule has 0 aliphatic heterocycles. The van der Waals surface area contributed by atoms with E-state index < -0.39 is 0 Å². The first-order valence-electron chi connectivity index (χ1n) is 8.52. The maximum absolute atomic E-state index is 12.0. The predicted octanol–water partition coefficient (Wildman–Crippen LogP) is 5.12. The van der Waals surface area contributed by atoms with Crippen molar-refractivity contribution < 1.29 is 4.42 Å². The lowest BCUT2D eigenvalue weighted by molar-refractivity contribution is 0.559. The van der Waals surface area contributed by atoms with Crippen LogP contribution >= 0.6 is 0 Å². The minimum absolute atomic E-state index is 0.318. The number of fused-ring (bicyclic) bond motifs is 3. The maximum atomic E-state index is 12.0. The summed E-state index contributed by atoms with van der Waals surface area (Å²) in [6.45, 7) is 2.71. The second kappa shape index (κ2) is 6.44. The molecule has 0 atom stereocenters. The summed E-state index contributed by atoms with van der Waals surface area (Å²) in [5, 5.41) is 6.67. The third kappa shape index (κ3) is 3.01. The Morgan fingerprint density at radius 1 is 0.960 bits per heavy atom. The van der Waals surface area contributed by atoms with Crippen molar-refractivity contribution in [2.75, 3.05) is 5.32 Å². The Kier molecular flexibility index (Phi) is 3.98. The third-order valence-corrected chi connectivity index (χ3v) is 4.53. The fraction of sp³-hybridized carbons (Fsp3) is 0.136. The molecule has 3 heteroatoms. The van der Waals surface area contributed by atoms with Crippen LogP contribution in [0.3, 0.4) is 0 Å². The normalized spacial score (nSPS) is 11.1. The van der Waals surface area contributed by atoms with Gasteiger partial charge in [0.05, 0.1) is 0 Å². The van der Waals surface area contributed by atoms with Crippen molar-refractivity contribution >= 4 is 27.4 Å². The van der Waals surface area contributed by atoms with Crippen LogP contribution in [0.15, 0.2) is 75.9 Å². The molecule has 0 amide bonds. The molecule has 0 saturated carbocycles. The van der Waals surface area contributed by atoms with E-state index in [1.165, 1.54) is 5.56 Å². The Morgan fingerprint density at radius 3 is 2.72 bits per heavy atom. The number of hydrogen-bond donors (Lipinski definition) is 1. The molecule has 0 fully saturated rings. The van der Waals surface area contributed by atoms with E-state index in [0.29, 0.717) is 12.1 Å². The largest absolute Gasteiger partial charge is 0.423 e. The van der Waals surface area contributed by atoms with Gasteiger partial charge in [-0.3, -0.25) is 0 Å². The van der Waals surface area contributed by atoms with Crippen molar-refractivity contribution in [3.8, 4) is 0 Å². The summed E-state index contributed by atoms with van der Waals surface area (Å²) in [6, 6.07) is 22.0. The summed E-state index contributed by atoms with van der Waals surface area (Å²) < 4.78 is 5.42. The molecule has 0 radical (unpaired) electrons. The van der Waals surface area contributed by atoms with Crippen LogP contribution in [0.5, 0.6) is 0 Å². The number of benzene rings is 3. The van der Waals surface area contributed by atoms with E-state index in [-0.39, 0.29) is 5.63 Å². The molecule has 0 spiro atoms. The van der Waals surface area contributed by atoms with Crippen molar-refractivity contribution in [1.82, 2.24) is 0 Å². The van der Waals surface area contributed by atoms with Crippen molar-refractivity contribution in [3.63, 3.8) is 0 Å². The van der Waals surface area contributed by atoms with Crippen LogP contribution in [0.2, 0.25) is 0 Å². The van der Waals surface area contributed by atoms with E-state index in [2.05, 4.69) is 36.5 Å². The predicted molar refractivity (Wildman–Crippen MR) is 103 cm³/mol. The Balaban J connectivity index is 1.80. The van der Waals surface area contributed by atoms with Gasteiger partial charge in [0, 0.05) is 23.7 Å². The lowest BCUT2D eigenvalue weighted by Gasteiger charge is -2.11. The van der Waals surface area contributed by atoms with Gasteiger partial charge in [0.1, 0.15) is 5.58 Å². The average molecular weight is 329 g/mol. The summed E-state index contributed by atoms with van der Waals surface area (Å²) in [5.74, 6) is 0. The molecule has 0 aliphatic carbocycles. The quantitative estimate of drug-likeness (QED) is 0.417. The first-order valence-corrected chi connectivity index (χ1v) is 8.52. The molecule has 1 heterocycles. The number of anilines is 1. The van der Waals surface area contributed by atoms with Crippen molar-refractivity contribution in [2.24, 2.45) is 0 Å². The van der Waals surface area contributed by atoms with E-state index in [1.54, 1.807) is 6.07 Å². The standard InChI is InChI=1S/C22H19NO2/c1-2-15-6-5-8-18(12-15)23-14-17-13-21(24)25-20-11-10-16-7-3-4-9-19(16)22(17)20/h3-13,23H,2,14H2,1H3. The van der Waals surface area contributed by atoms with Crippen LogP contribution in [0.1, 0.15) is 18.1 Å². The van der Waals surface area contributed by atoms with Gasteiger partial charge in [-0.15, -0.1) is 0 Å². The van der Waals surface area contributed by atoms with Gasteiger partial charge in [-0.2, -0.15) is 0 Å². The summed E-state index contributed by atoms with van der Waals surface area (Å²) in [5.41, 5.74) is 3.60. The summed E-state index contributed by atoms with van der Waals surface area (Å²) >= 11 is 0. The second-order valence-corrected chi connectivity index (χ2v) is 6.16. The van der Waals surface area contributed by atoms with Crippen LogP contribution in [-0.2, 0) is 13.0 Å². The van der Waals surface area contributed by atoms with Gasteiger partial charge in [-0.1, -0.05) is 49.4 Å². The van der Waals surface area contributed by atoms with E-state index >= 15 is 0 Å². The van der Waals surface area contributed by atoms with Gasteiger partial charge in [0.25, 0.3) is 0 Å². The maximum Gasteiger partial charge on any atom is 0.336 e. The molecule has 25 heavy (non-hydrogen) atoms. The molecule has 4 rings (SSSR count). The molecule has 124 valence electrons. The Hall–Kier alpha value is -3.07. The lowest BCUT2D eigenvalue weighted by Crippen LogP contribution is -2.06. The summed E-state index contributed by atoms with van der Waals surface area (Å²) in [4.78, 5) is 12.0. The topological polar surface area (TPSA) is 42.2 Å². The average Bonchev–Trinajstić information content (AvgIpc) is 2.65. The number of aryl methyl sites for hydroxylation is 1. The number of hydrogen-bond acceptors (Lipinski definition) is 3. The highest BCUT2D eigenvalue weighted by atomic mass is 16.4. The number of rotatable bonds is 4. The molecule has 0 aliphatic rings. The Bertz CT molecular complexity index is 1110. The van der Waals surface area contributed by atoms with Gasteiger partial charge < -0.3 is 9.73 Å². The first-order chi connectivity index (χ1) is 12.2. The van der Waals surface area contributed by atoms with Crippen molar-refractivity contribution in [2.45, 2.75) is 19.9 Å². The molecule has 3 nitrogen and oxygen atoms in total. The molecule has 0 saturated heterocycles.